The molecule has 0 fully saturated rings. The number of hydrogen-bond donors (Lipinski definition) is 1. The Kier molecular flexibility index (Phi) is 5.17. The van der Waals surface area contributed by atoms with Gasteiger partial charge < -0.3 is 5.73 Å². The number of nitrogens with two attached hydrogens (primary N) is 1. The SMILES string of the molecule is Cc1cc(/C=C/C#N)cc(C)c1-n1c(N)nc2cnc(Cc3ccc(C#N)cc3)nc21. The molecule has 2 aromatic heterocycles. The first kappa shape index (κ1) is 19.8. The Bertz CT molecular complexity index is 1370. The number of rotatable bonds is 4. The molecule has 0 aliphatic carbocycles. The van der Waals surface area contributed by atoms with Gasteiger partial charge in [-0.15, -0.1) is 0 Å². The Hall–Kier alpha value is -4.49. The molecular weight excluding hydrogens is 386 g/mol. The van der Waals surface area contributed by atoms with E-state index in [9.17, 15) is 0 Å². The molecule has 0 unspecified atom stereocenters. The van der Waals surface area contributed by atoms with Crippen LogP contribution in [0.5, 0.6) is 0 Å². The quantitative estimate of drug-likeness (QED) is 0.513. The minimum atomic E-state index is 0.339. The van der Waals surface area contributed by atoms with Crippen LogP contribution in [0.25, 0.3) is 22.9 Å². The van der Waals surface area contributed by atoms with Crippen molar-refractivity contribution in [1.29, 1.82) is 10.5 Å². The van der Waals surface area contributed by atoms with Crippen molar-refractivity contribution < 1.29 is 0 Å². The number of benzene rings is 2. The number of aryl methyl sites for hydroxylation is 2. The molecule has 0 bridgehead atoms. The van der Waals surface area contributed by atoms with Gasteiger partial charge in [-0.1, -0.05) is 12.1 Å². The van der Waals surface area contributed by atoms with E-state index in [-0.39, 0.29) is 0 Å². The van der Waals surface area contributed by atoms with Crippen LogP contribution in [0.4, 0.5) is 5.95 Å². The van der Waals surface area contributed by atoms with E-state index in [2.05, 4.69) is 16.0 Å². The molecule has 4 aromatic rings. The highest BCUT2D eigenvalue weighted by molar-refractivity contribution is 5.77. The predicted octanol–water partition coefficient (Wildman–Crippen LogP) is 4.01. The largest absolute Gasteiger partial charge is 0.369 e. The fourth-order valence-corrected chi connectivity index (χ4v) is 3.68. The van der Waals surface area contributed by atoms with Crippen LogP contribution >= 0.6 is 0 Å². The molecule has 0 aliphatic rings. The first-order chi connectivity index (χ1) is 15.0. The van der Waals surface area contributed by atoms with E-state index in [1.54, 1.807) is 24.4 Å². The molecule has 0 saturated heterocycles. The Morgan fingerprint density at radius 1 is 1.06 bits per heavy atom. The smallest absolute Gasteiger partial charge is 0.207 e. The van der Waals surface area contributed by atoms with Crippen molar-refractivity contribution in [3.63, 3.8) is 0 Å². The molecular formula is C24H19N7. The zero-order valence-electron chi connectivity index (χ0n) is 17.2. The molecule has 0 spiro atoms. The van der Waals surface area contributed by atoms with Gasteiger partial charge in [0, 0.05) is 12.5 Å². The number of fused-ring (bicyclic) bond motifs is 1. The number of allylic oxidation sites excluding steroid dienone is 1. The summed E-state index contributed by atoms with van der Waals surface area (Å²) in [5, 5.41) is 17.8. The Labute approximate surface area is 179 Å². The molecule has 0 saturated carbocycles. The minimum Gasteiger partial charge on any atom is -0.369 e. The molecule has 0 aliphatic heterocycles. The maximum Gasteiger partial charge on any atom is 0.207 e. The van der Waals surface area contributed by atoms with Gasteiger partial charge in [0.05, 0.1) is 29.6 Å². The topological polar surface area (TPSA) is 117 Å². The van der Waals surface area contributed by atoms with Gasteiger partial charge in [0.1, 0.15) is 11.3 Å². The number of anilines is 1. The molecule has 2 N–H and O–H groups in total. The number of nitriles is 2. The van der Waals surface area contributed by atoms with E-state index in [0.29, 0.717) is 34.9 Å². The van der Waals surface area contributed by atoms with Gasteiger partial charge in [0.2, 0.25) is 5.95 Å². The number of aromatic nitrogens is 4. The highest BCUT2D eigenvalue weighted by Crippen LogP contribution is 2.28. The molecule has 31 heavy (non-hydrogen) atoms. The van der Waals surface area contributed by atoms with Crippen molar-refractivity contribution in [2.24, 2.45) is 0 Å². The van der Waals surface area contributed by atoms with Crippen LogP contribution in [0.2, 0.25) is 0 Å². The number of nitrogens with zero attached hydrogens (tertiary/aromatic N) is 6. The van der Waals surface area contributed by atoms with E-state index in [1.807, 2.05) is 48.7 Å². The lowest BCUT2D eigenvalue weighted by atomic mass is 10.0. The molecule has 4 rings (SSSR count). The van der Waals surface area contributed by atoms with Crippen molar-refractivity contribution in [3.8, 4) is 17.8 Å². The van der Waals surface area contributed by atoms with Gasteiger partial charge >= 0.3 is 0 Å². The average molecular weight is 405 g/mol. The molecule has 2 aromatic carbocycles. The van der Waals surface area contributed by atoms with E-state index in [0.717, 1.165) is 27.9 Å². The average Bonchev–Trinajstić information content (AvgIpc) is 3.07. The molecule has 7 nitrogen and oxygen atoms in total. The number of hydrogen-bond acceptors (Lipinski definition) is 6. The summed E-state index contributed by atoms with van der Waals surface area (Å²) >= 11 is 0. The van der Waals surface area contributed by atoms with Crippen LogP contribution in [0.15, 0.2) is 48.7 Å². The third-order valence-corrected chi connectivity index (χ3v) is 5.01. The second-order valence-electron chi connectivity index (χ2n) is 7.25. The van der Waals surface area contributed by atoms with Gasteiger partial charge in [0.15, 0.2) is 5.65 Å². The van der Waals surface area contributed by atoms with Crippen molar-refractivity contribution in [2.75, 3.05) is 5.73 Å². The monoisotopic (exact) mass is 405 g/mol. The molecule has 0 atom stereocenters. The lowest BCUT2D eigenvalue weighted by Crippen LogP contribution is -2.07. The first-order valence-electron chi connectivity index (χ1n) is 9.67. The van der Waals surface area contributed by atoms with Gasteiger partial charge in [0.25, 0.3) is 0 Å². The molecule has 0 amide bonds. The molecule has 2 heterocycles. The first-order valence-corrected chi connectivity index (χ1v) is 9.67. The highest BCUT2D eigenvalue weighted by atomic mass is 15.2. The second-order valence-corrected chi connectivity index (χ2v) is 7.25. The highest BCUT2D eigenvalue weighted by Gasteiger charge is 2.17. The Morgan fingerprint density at radius 2 is 1.77 bits per heavy atom. The fourth-order valence-electron chi connectivity index (χ4n) is 3.68. The van der Waals surface area contributed by atoms with Crippen LogP contribution < -0.4 is 5.73 Å². The Morgan fingerprint density at radius 3 is 2.42 bits per heavy atom. The van der Waals surface area contributed by atoms with Gasteiger partial charge in [-0.3, -0.25) is 4.57 Å². The molecule has 7 heteroatoms. The standard InChI is InChI=1S/C24H19N7/c1-15-10-19(4-3-9-25)11-16(2)22(15)31-23-20(29-24(31)27)14-28-21(30-23)12-17-5-7-18(13-26)8-6-17/h3-8,10-11,14H,12H2,1-2H3,(H2,27,29)/b4-3+. The van der Waals surface area contributed by atoms with Gasteiger partial charge in [-0.2, -0.15) is 10.5 Å². The number of nitrogen functional groups attached to an aromatic ring is 1. The van der Waals surface area contributed by atoms with Crippen molar-refractivity contribution in [3.05, 3.63) is 82.3 Å². The fraction of sp³-hybridized carbons (Fsp3) is 0.125. The van der Waals surface area contributed by atoms with Gasteiger partial charge in [-0.05, 0) is 66.4 Å². The van der Waals surface area contributed by atoms with Gasteiger partial charge in [-0.25, -0.2) is 15.0 Å². The summed E-state index contributed by atoms with van der Waals surface area (Å²) < 4.78 is 1.85. The predicted molar refractivity (Wildman–Crippen MR) is 119 cm³/mol. The van der Waals surface area contributed by atoms with Crippen molar-refractivity contribution in [1.82, 2.24) is 19.5 Å². The van der Waals surface area contributed by atoms with E-state index >= 15 is 0 Å². The van der Waals surface area contributed by atoms with Crippen LogP contribution in [0.3, 0.4) is 0 Å². The summed E-state index contributed by atoms with van der Waals surface area (Å²) in [6.07, 6.45) is 5.44. The third kappa shape index (κ3) is 3.85. The zero-order valence-corrected chi connectivity index (χ0v) is 17.2. The number of imidazole rings is 1. The van der Waals surface area contributed by atoms with E-state index in [1.165, 1.54) is 6.08 Å². The summed E-state index contributed by atoms with van der Waals surface area (Å²) in [7, 11) is 0. The third-order valence-electron chi connectivity index (χ3n) is 5.01. The maximum absolute atomic E-state index is 8.97. The molecule has 150 valence electrons. The van der Waals surface area contributed by atoms with E-state index < -0.39 is 0 Å². The summed E-state index contributed by atoms with van der Waals surface area (Å²) in [6.45, 7) is 3.99. The summed E-state index contributed by atoms with van der Waals surface area (Å²) in [5.41, 5.74) is 13.0. The van der Waals surface area contributed by atoms with Crippen LogP contribution in [-0.2, 0) is 6.42 Å². The minimum absolute atomic E-state index is 0.339. The summed E-state index contributed by atoms with van der Waals surface area (Å²) in [6, 6.07) is 15.5. The zero-order chi connectivity index (χ0) is 22.0. The second kappa shape index (κ2) is 8.10. The normalized spacial score (nSPS) is 11.0. The maximum atomic E-state index is 8.97. The summed E-state index contributed by atoms with van der Waals surface area (Å²) in [4.78, 5) is 13.6. The molecule has 0 radical (unpaired) electrons. The lowest BCUT2D eigenvalue weighted by molar-refractivity contribution is 0.965. The van der Waals surface area contributed by atoms with Crippen molar-refractivity contribution in [2.45, 2.75) is 20.3 Å². The lowest BCUT2D eigenvalue weighted by Gasteiger charge is -2.14. The van der Waals surface area contributed by atoms with Crippen LogP contribution in [-0.4, -0.2) is 19.5 Å². The van der Waals surface area contributed by atoms with Crippen LogP contribution in [0, 0.1) is 36.5 Å². The van der Waals surface area contributed by atoms with E-state index in [4.69, 9.17) is 21.2 Å². The van der Waals surface area contributed by atoms with Crippen LogP contribution in [0.1, 0.15) is 33.6 Å². The van der Waals surface area contributed by atoms with Crippen molar-refractivity contribution >= 4 is 23.2 Å². The summed E-state index contributed by atoms with van der Waals surface area (Å²) in [5.74, 6) is 0.980. The Balaban J connectivity index is 1.79.